The van der Waals surface area contributed by atoms with Crippen LogP contribution in [0, 0.1) is 11.3 Å². The summed E-state index contributed by atoms with van der Waals surface area (Å²) in [4.78, 5) is 155. The molecule has 0 aliphatic heterocycles. The lowest BCUT2D eigenvalue weighted by atomic mass is 10.00. The molecule has 19 N–H and O–H groups in total. The Bertz CT molecular complexity index is 3370. The summed E-state index contributed by atoms with van der Waals surface area (Å²) in [6, 6.07) is 17.2. The Kier molecular flexibility index (Phi) is 27.9. The van der Waals surface area contributed by atoms with Gasteiger partial charge in [0.1, 0.15) is 54.1 Å². The first kappa shape index (κ1) is 72.2. The summed E-state index contributed by atoms with van der Waals surface area (Å²) in [6.45, 7) is 6.09. The van der Waals surface area contributed by atoms with Crippen molar-refractivity contribution in [2.24, 2.45) is 17.4 Å². The molecule has 29 heteroatoms. The number of likely N-dealkylation sites (N-methyl/N-ethyl adjacent to an activating group) is 1. The Morgan fingerprint density at radius 1 is 0.587 bits per heavy atom. The highest BCUT2D eigenvalue weighted by atomic mass is 16.3. The number of urea groups is 1. The van der Waals surface area contributed by atoms with E-state index in [2.05, 4.69) is 63.7 Å². The Morgan fingerprint density at radius 3 is 1.74 bits per heavy atom. The number of aromatic amines is 1. The van der Waals surface area contributed by atoms with Crippen molar-refractivity contribution in [3.63, 3.8) is 0 Å². The van der Waals surface area contributed by atoms with Gasteiger partial charge in [0, 0.05) is 70.3 Å². The SMILES string of the molecule is CNC(=N)NCCC[C@H](NC(=O)[C@H](CC(C)C)NC(=O)NNC(=O)[C@H](Cc1ccccc1)NC(=O)C(NC(=O)[C@H](CC(N)=O)NC(=O)[C@@H](Cc1ccccc1)N(C)C(=O)[C@@H](Cc1ccc(O)cc1)NC(C)=O)[C@@H](C)O)C(=O)N[C@@H](Cc1c[nH]c2ccccc12)C(N)=O. The molecule has 29 nitrogen and oxygen atoms in total. The number of hydrogen-bond acceptors (Lipinski definition) is 14. The van der Waals surface area contributed by atoms with Crippen LogP contribution in [0.2, 0.25) is 0 Å². The lowest BCUT2D eigenvalue weighted by Crippen LogP contribution is -2.63. The number of amides is 12. The Labute approximate surface area is 532 Å². The number of H-pyrrole nitrogens is 1. The van der Waals surface area contributed by atoms with E-state index >= 15 is 0 Å². The van der Waals surface area contributed by atoms with Crippen molar-refractivity contribution >= 4 is 82.0 Å². The van der Waals surface area contributed by atoms with Gasteiger partial charge >= 0.3 is 6.03 Å². The second-order valence-corrected chi connectivity index (χ2v) is 22.5. The highest BCUT2D eigenvalue weighted by Gasteiger charge is 2.38. The number of aliphatic hydroxyl groups is 1. The molecule has 1 unspecified atom stereocenters. The quantitative estimate of drug-likeness (QED) is 0.0103. The average molecular weight is 1270 g/mol. The molecule has 0 saturated carbocycles. The zero-order valence-corrected chi connectivity index (χ0v) is 52.1. The highest BCUT2D eigenvalue weighted by molar-refractivity contribution is 5.99. The Balaban J connectivity index is 1.31. The third-order valence-electron chi connectivity index (χ3n) is 14.7. The van der Waals surface area contributed by atoms with Gasteiger partial charge in [-0.15, -0.1) is 0 Å². The number of rotatable bonds is 33. The van der Waals surface area contributed by atoms with E-state index in [0.29, 0.717) is 22.3 Å². The maximum atomic E-state index is 14.5. The van der Waals surface area contributed by atoms with Crippen LogP contribution in [-0.4, -0.2) is 166 Å². The molecule has 9 atom stereocenters. The van der Waals surface area contributed by atoms with E-state index in [-0.39, 0.29) is 69.1 Å². The zero-order chi connectivity index (χ0) is 67.6. The maximum Gasteiger partial charge on any atom is 0.334 e. The van der Waals surface area contributed by atoms with Crippen LogP contribution in [0.15, 0.2) is 115 Å². The number of nitrogens with one attached hydrogen (secondary N) is 13. The van der Waals surface area contributed by atoms with Crippen LogP contribution >= 0.6 is 0 Å². The molecule has 5 rings (SSSR count). The van der Waals surface area contributed by atoms with Crippen molar-refractivity contribution < 1.29 is 63.0 Å². The number of guanidine groups is 1. The Hall–Kier alpha value is -10.6. The molecule has 1 aromatic heterocycles. The largest absolute Gasteiger partial charge is 0.508 e. The summed E-state index contributed by atoms with van der Waals surface area (Å²) in [5.41, 5.74) is 18.9. The molecular formula is C63H84N16O13. The summed E-state index contributed by atoms with van der Waals surface area (Å²) in [5, 5.41) is 52.8. The van der Waals surface area contributed by atoms with Crippen molar-refractivity contribution in [3.05, 3.63) is 138 Å². The van der Waals surface area contributed by atoms with Gasteiger partial charge in [0.05, 0.1) is 12.5 Å². The predicted octanol–water partition coefficient (Wildman–Crippen LogP) is -1.09. The number of hydrazine groups is 1. The molecule has 4 aromatic carbocycles. The van der Waals surface area contributed by atoms with E-state index < -0.39 is 126 Å². The number of aromatic hydroxyl groups is 1. The van der Waals surface area contributed by atoms with E-state index in [1.165, 1.54) is 26.1 Å². The van der Waals surface area contributed by atoms with Crippen LogP contribution in [0.3, 0.4) is 0 Å². The van der Waals surface area contributed by atoms with E-state index in [0.717, 1.165) is 22.7 Å². The van der Waals surface area contributed by atoms with Crippen molar-refractivity contribution in [1.29, 1.82) is 5.41 Å². The fourth-order valence-electron chi connectivity index (χ4n) is 9.88. The van der Waals surface area contributed by atoms with Crippen LogP contribution in [0.25, 0.3) is 10.9 Å². The van der Waals surface area contributed by atoms with Gasteiger partial charge in [-0.2, -0.15) is 0 Å². The monoisotopic (exact) mass is 1270 g/mol. The third kappa shape index (κ3) is 23.1. The number of primary amides is 2. The van der Waals surface area contributed by atoms with Gasteiger partial charge in [0.2, 0.25) is 53.2 Å². The van der Waals surface area contributed by atoms with Crippen LogP contribution in [0.5, 0.6) is 5.75 Å². The summed E-state index contributed by atoms with van der Waals surface area (Å²) in [5.74, 6) is -9.36. The van der Waals surface area contributed by atoms with Crippen molar-refractivity contribution in [2.45, 2.75) is 134 Å². The van der Waals surface area contributed by atoms with Crippen LogP contribution < -0.4 is 70.2 Å². The topological polar surface area (TPSA) is 455 Å². The van der Waals surface area contributed by atoms with E-state index in [4.69, 9.17) is 16.9 Å². The fraction of sp³-hybridized carbons (Fsp3) is 0.397. The zero-order valence-electron chi connectivity index (χ0n) is 52.1. The van der Waals surface area contributed by atoms with Gasteiger partial charge in [-0.25, -0.2) is 10.2 Å². The van der Waals surface area contributed by atoms with E-state index in [1.807, 2.05) is 24.3 Å². The third-order valence-corrected chi connectivity index (χ3v) is 14.7. The molecule has 12 amide bonds. The summed E-state index contributed by atoms with van der Waals surface area (Å²) >= 11 is 0. The number of carbonyl (C=O) groups is 11. The number of aliphatic hydroxyl groups excluding tert-OH is 1. The van der Waals surface area contributed by atoms with Crippen molar-refractivity contribution in [3.8, 4) is 5.75 Å². The number of carbonyl (C=O) groups excluding carboxylic acids is 11. The molecule has 0 fully saturated rings. The molecule has 0 radical (unpaired) electrons. The first-order valence-corrected chi connectivity index (χ1v) is 29.8. The number of para-hydroxylation sites is 1. The van der Waals surface area contributed by atoms with Crippen molar-refractivity contribution in [2.75, 3.05) is 20.6 Å². The minimum atomic E-state index is -1.89. The van der Waals surface area contributed by atoms with Crippen LogP contribution in [0.1, 0.15) is 75.6 Å². The second-order valence-electron chi connectivity index (χ2n) is 22.5. The molecule has 0 aliphatic rings. The minimum Gasteiger partial charge on any atom is -0.508 e. The number of aromatic nitrogens is 1. The van der Waals surface area contributed by atoms with Gasteiger partial charge in [-0.1, -0.05) is 105 Å². The molecule has 92 heavy (non-hydrogen) atoms. The summed E-state index contributed by atoms with van der Waals surface area (Å²) in [7, 11) is 2.85. The highest BCUT2D eigenvalue weighted by Crippen LogP contribution is 2.20. The summed E-state index contributed by atoms with van der Waals surface area (Å²) < 4.78 is 0. The standard InChI is InChI=1S/C63H84N16O13/c1-35(2)28-47(56(86)71-45(22-15-27-68-62(66)67-5)55(85)72-46(54(65)84)32-41-34-69-44-21-14-13-20-43(41)44)75-63(92)78-77-58(88)48(29-38-16-9-7-10-17-38)74-60(90)53(36(3)80)76-57(87)49(33-52(64)83)73-59(89)51(31-39-18-11-8-12-19-39)79(6)61(91)50(70-37(4)81)30-40-23-25-42(82)26-24-40/h7-14,16-21,23-26,34-36,45-51,53,69,80,82H,15,22,27-33H2,1-6H3,(H2,64,83)(H2,65,84)(H,70,81)(H,71,86)(H,72,85)(H,73,89)(H,74,90)(H,76,87)(H,77,88)(H3,66,67,68)(H2,75,78,92)/t36-,45+,46+,47+,48+,49+,50-,51-,53?/m1/s1. The lowest BCUT2D eigenvalue weighted by molar-refractivity contribution is -0.143. The molecule has 0 spiro atoms. The first-order valence-electron chi connectivity index (χ1n) is 29.8. The number of nitrogens with zero attached hydrogens (tertiary/aromatic N) is 1. The van der Waals surface area contributed by atoms with Gasteiger partial charge in [0.15, 0.2) is 5.96 Å². The smallest absolute Gasteiger partial charge is 0.334 e. The second kappa shape index (κ2) is 35.6. The van der Waals surface area contributed by atoms with E-state index in [9.17, 15) is 63.0 Å². The molecule has 0 saturated heterocycles. The first-order chi connectivity index (χ1) is 43.7. The fourth-order valence-corrected chi connectivity index (χ4v) is 9.88. The average Bonchev–Trinajstić information content (AvgIpc) is 1.53. The molecule has 1 heterocycles. The molecule has 0 aliphatic carbocycles. The Morgan fingerprint density at radius 2 is 1.14 bits per heavy atom. The van der Waals surface area contributed by atoms with Crippen molar-refractivity contribution in [1.82, 2.24) is 68.6 Å². The number of fused-ring (bicyclic) bond motifs is 1. The van der Waals surface area contributed by atoms with E-state index in [1.54, 1.807) is 99.9 Å². The van der Waals surface area contributed by atoms with Gasteiger partial charge in [-0.05, 0) is 72.6 Å². The number of phenolic OH excluding ortho intramolecular Hbond substituents is 1. The number of phenols is 1. The van der Waals surface area contributed by atoms with Gasteiger partial charge in [-0.3, -0.25) is 58.8 Å². The lowest BCUT2D eigenvalue weighted by Gasteiger charge is -2.32. The molecule has 0 bridgehead atoms. The predicted molar refractivity (Wildman–Crippen MR) is 340 cm³/mol. The summed E-state index contributed by atoms with van der Waals surface area (Å²) in [6.07, 6.45) is -0.997. The molecule has 5 aromatic rings. The number of hydrogen-bond donors (Lipinski definition) is 17. The molecule has 494 valence electrons. The van der Waals surface area contributed by atoms with Gasteiger partial charge < -0.3 is 79.4 Å². The maximum absolute atomic E-state index is 14.5. The number of benzene rings is 4. The minimum absolute atomic E-state index is 0.000622. The normalized spacial score (nSPS) is 13.9. The van der Waals surface area contributed by atoms with Gasteiger partial charge in [0.25, 0.3) is 5.91 Å². The van der Waals surface area contributed by atoms with Crippen LogP contribution in [-0.2, 0) is 73.6 Å². The van der Waals surface area contributed by atoms with Crippen LogP contribution in [0.4, 0.5) is 4.79 Å². The number of nitrogens with two attached hydrogens (primary N) is 2. The molecular weight excluding hydrogens is 1190 g/mol.